The molecule has 0 bridgehead atoms. The van der Waals surface area contributed by atoms with Crippen molar-refractivity contribution in [1.29, 1.82) is 0 Å². The largest absolute Gasteiger partial charge is 0.328 e. The van der Waals surface area contributed by atoms with Crippen molar-refractivity contribution in [2.24, 2.45) is 5.41 Å². The number of rotatable bonds is 5. The molecule has 1 atom stereocenters. The third kappa shape index (κ3) is 4.28. The van der Waals surface area contributed by atoms with Gasteiger partial charge in [-0.3, -0.25) is 9.59 Å². The van der Waals surface area contributed by atoms with Gasteiger partial charge in [-0.05, 0) is 42.2 Å². The molecule has 174 valence electrons. The number of fused-ring (bicyclic) bond motifs is 1. The van der Waals surface area contributed by atoms with E-state index in [0.29, 0.717) is 40.1 Å². The highest BCUT2D eigenvalue weighted by Crippen LogP contribution is 2.46. The van der Waals surface area contributed by atoms with Crippen LogP contribution in [0.5, 0.6) is 0 Å². The van der Waals surface area contributed by atoms with E-state index in [0.717, 1.165) is 11.3 Å². The number of aromatic nitrogens is 3. The van der Waals surface area contributed by atoms with E-state index in [1.54, 1.807) is 10.7 Å². The number of ketones is 2. The number of nitrogens with zero attached hydrogens (tertiary/aromatic N) is 3. The molecule has 6 nitrogen and oxygen atoms in total. The molecule has 2 aromatic carbocycles. The average Bonchev–Trinajstić information content (AvgIpc) is 3.19. The second kappa shape index (κ2) is 8.67. The molecule has 5 rings (SSSR count). The van der Waals surface area contributed by atoms with Gasteiger partial charge in [0.05, 0.1) is 5.75 Å². The van der Waals surface area contributed by atoms with Gasteiger partial charge in [0.15, 0.2) is 11.6 Å². The first kappa shape index (κ1) is 22.8. The Balaban J connectivity index is 1.48. The molecule has 9 heteroatoms. The highest BCUT2D eigenvalue weighted by Gasteiger charge is 2.42. The van der Waals surface area contributed by atoms with Crippen LogP contribution in [0.4, 0.5) is 10.3 Å². The van der Waals surface area contributed by atoms with Gasteiger partial charge in [-0.1, -0.05) is 55.4 Å². The van der Waals surface area contributed by atoms with Gasteiger partial charge in [-0.2, -0.15) is 4.98 Å². The molecule has 0 spiro atoms. The van der Waals surface area contributed by atoms with Crippen LogP contribution in [0.1, 0.15) is 48.7 Å². The maximum absolute atomic E-state index is 13.3. The zero-order chi connectivity index (χ0) is 24.0. The molecule has 1 aromatic heterocycles. The first-order chi connectivity index (χ1) is 16.2. The monoisotopic (exact) mass is 496 g/mol. The lowest BCUT2D eigenvalue weighted by molar-refractivity contribution is -0.118. The van der Waals surface area contributed by atoms with E-state index in [1.165, 1.54) is 36.0 Å². The maximum atomic E-state index is 13.3. The minimum absolute atomic E-state index is 0.0607. The molecule has 3 aromatic rings. The van der Waals surface area contributed by atoms with E-state index in [9.17, 15) is 14.0 Å². The number of allylic oxidation sites excluding steroid dienone is 2. The summed E-state index contributed by atoms with van der Waals surface area (Å²) in [7, 11) is 0. The summed E-state index contributed by atoms with van der Waals surface area (Å²) in [5, 5.41) is 8.90. The number of carbonyl (C=O) groups excluding carboxylic acids is 2. The Bertz CT molecular complexity index is 1330. The predicted octanol–water partition coefficient (Wildman–Crippen LogP) is 5.70. The van der Waals surface area contributed by atoms with Gasteiger partial charge in [0.1, 0.15) is 11.9 Å². The van der Waals surface area contributed by atoms with Crippen LogP contribution in [-0.2, 0) is 4.79 Å². The number of Topliss-reactive ketones (excluding diaryl/α,β-unsaturated/α-hetero) is 2. The van der Waals surface area contributed by atoms with Gasteiger partial charge >= 0.3 is 0 Å². The topological polar surface area (TPSA) is 76.9 Å². The average molecular weight is 497 g/mol. The van der Waals surface area contributed by atoms with Crippen molar-refractivity contribution in [1.82, 2.24) is 14.8 Å². The molecule has 1 aliphatic heterocycles. The molecule has 0 amide bonds. The summed E-state index contributed by atoms with van der Waals surface area (Å²) in [6, 6.07) is 12.4. The summed E-state index contributed by atoms with van der Waals surface area (Å²) in [6.45, 7) is 4.14. The molecule has 34 heavy (non-hydrogen) atoms. The molecule has 2 aliphatic rings. The number of nitrogens with one attached hydrogen (secondary N) is 1. The standard InChI is InChI=1S/C25H22ClFN4O2S/c1-25(2)11-18-21(19(32)12-25)22(16-5-3-4-6-17(16)26)31-23(28-18)29-24(30-31)34-13-20(33)14-7-9-15(27)10-8-14/h3-10,22H,11-13H2,1-2H3,(H,28,29,30). The normalized spacial score (nSPS) is 18.8. The smallest absolute Gasteiger partial charge is 0.227 e. The van der Waals surface area contributed by atoms with Crippen molar-refractivity contribution >= 4 is 40.9 Å². The molecule has 0 fully saturated rings. The molecular weight excluding hydrogens is 475 g/mol. The first-order valence-corrected chi connectivity index (χ1v) is 12.2. The number of halogens is 2. The summed E-state index contributed by atoms with van der Waals surface area (Å²) < 4.78 is 14.8. The molecule has 0 saturated heterocycles. The number of hydrogen-bond donors (Lipinski definition) is 1. The molecule has 1 aliphatic carbocycles. The quantitative estimate of drug-likeness (QED) is 0.360. The highest BCUT2D eigenvalue weighted by molar-refractivity contribution is 7.99. The van der Waals surface area contributed by atoms with E-state index >= 15 is 0 Å². The van der Waals surface area contributed by atoms with Gasteiger partial charge in [0, 0.05) is 33.8 Å². The van der Waals surface area contributed by atoms with Gasteiger partial charge in [-0.15, -0.1) is 5.10 Å². The third-order valence-electron chi connectivity index (χ3n) is 6.01. The molecular formula is C25H22ClFN4O2S. The zero-order valence-electron chi connectivity index (χ0n) is 18.6. The number of thioether (sulfide) groups is 1. The summed E-state index contributed by atoms with van der Waals surface area (Å²) in [5.41, 5.74) is 2.52. The Morgan fingerprint density at radius 3 is 2.68 bits per heavy atom. The fraction of sp³-hybridized carbons (Fsp3) is 0.280. The van der Waals surface area contributed by atoms with Crippen molar-refractivity contribution < 1.29 is 14.0 Å². The summed E-state index contributed by atoms with van der Waals surface area (Å²) >= 11 is 7.75. The van der Waals surface area contributed by atoms with E-state index in [1.807, 2.05) is 18.2 Å². The van der Waals surface area contributed by atoms with Crippen molar-refractivity contribution in [3.8, 4) is 0 Å². The van der Waals surface area contributed by atoms with Crippen molar-refractivity contribution in [3.05, 3.63) is 81.8 Å². The van der Waals surface area contributed by atoms with Gasteiger partial charge in [-0.25, -0.2) is 9.07 Å². The van der Waals surface area contributed by atoms with Crippen molar-refractivity contribution in [3.63, 3.8) is 0 Å². The predicted molar refractivity (Wildman–Crippen MR) is 130 cm³/mol. The zero-order valence-corrected chi connectivity index (χ0v) is 20.2. The first-order valence-electron chi connectivity index (χ1n) is 10.9. The molecule has 1 unspecified atom stereocenters. The Hall–Kier alpha value is -2.97. The van der Waals surface area contributed by atoms with Crippen molar-refractivity contribution in [2.75, 3.05) is 11.1 Å². The van der Waals surface area contributed by atoms with Crippen LogP contribution in [0.15, 0.2) is 65.0 Å². The number of carbonyl (C=O) groups is 2. The Kier molecular flexibility index (Phi) is 5.81. The number of hydrogen-bond acceptors (Lipinski definition) is 6. The van der Waals surface area contributed by atoms with Crippen LogP contribution in [0.3, 0.4) is 0 Å². The van der Waals surface area contributed by atoms with E-state index < -0.39 is 11.9 Å². The Morgan fingerprint density at radius 1 is 1.21 bits per heavy atom. The molecule has 2 heterocycles. The summed E-state index contributed by atoms with van der Waals surface area (Å²) in [4.78, 5) is 30.4. The van der Waals surface area contributed by atoms with E-state index in [4.69, 9.17) is 11.6 Å². The van der Waals surface area contributed by atoms with Crippen molar-refractivity contribution in [2.45, 2.75) is 37.9 Å². The minimum Gasteiger partial charge on any atom is -0.328 e. The molecule has 1 N–H and O–H groups in total. The van der Waals surface area contributed by atoms with Crippen LogP contribution in [-0.4, -0.2) is 32.1 Å². The highest BCUT2D eigenvalue weighted by atomic mass is 35.5. The van der Waals surface area contributed by atoms with Gasteiger partial charge < -0.3 is 5.32 Å². The van der Waals surface area contributed by atoms with Gasteiger partial charge in [0.2, 0.25) is 11.1 Å². The lowest BCUT2D eigenvalue weighted by Crippen LogP contribution is -2.36. The van der Waals surface area contributed by atoms with Crippen LogP contribution >= 0.6 is 23.4 Å². The third-order valence-corrected chi connectivity index (χ3v) is 7.19. The summed E-state index contributed by atoms with van der Waals surface area (Å²) in [6.07, 6.45) is 1.14. The van der Waals surface area contributed by atoms with Gasteiger partial charge in [0.25, 0.3) is 0 Å². The van der Waals surface area contributed by atoms with E-state index in [-0.39, 0.29) is 22.7 Å². The van der Waals surface area contributed by atoms with E-state index in [2.05, 4.69) is 29.2 Å². The second-order valence-corrected chi connectivity index (χ2v) is 10.6. The SMILES string of the molecule is CC1(C)CC(=O)C2=C(C1)Nc1nc(SCC(=O)c3ccc(F)cc3)nn1C2c1ccccc1Cl. The maximum Gasteiger partial charge on any atom is 0.227 e. The Labute approximate surface area is 205 Å². The molecule has 0 saturated carbocycles. The fourth-order valence-electron chi connectivity index (χ4n) is 4.48. The minimum atomic E-state index is -0.502. The second-order valence-electron chi connectivity index (χ2n) is 9.26. The number of anilines is 1. The lowest BCUT2D eigenvalue weighted by Gasteiger charge is -2.38. The van der Waals surface area contributed by atoms with Crippen LogP contribution in [0.25, 0.3) is 0 Å². The van der Waals surface area contributed by atoms with Crippen LogP contribution in [0.2, 0.25) is 5.02 Å². The number of benzene rings is 2. The summed E-state index contributed by atoms with van der Waals surface area (Å²) in [5.74, 6) is 0.128. The molecule has 0 radical (unpaired) electrons. The lowest BCUT2D eigenvalue weighted by atomic mass is 9.73. The fourth-order valence-corrected chi connectivity index (χ4v) is 5.45. The van der Waals surface area contributed by atoms with Crippen LogP contribution < -0.4 is 5.32 Å². The van der Waals surface area contributed by atoms with Crippen LogP contribution in [0, 0.1) is 11.2 Å². The Morgan fingerprint density at radius 2 is 1.94 bits per heavy atom.